The molecule has 0 saturated carbocycles. The molecular weight excluding hydrogens is 316 g/mol. The van der Waals surface area contributed by atoms with Crippen molar-refractivity contribution in [2.24, 2.45) is 0 Å². The number of rotatable bonds is 4. The molecule has 1 aliphatic heterocycles. The van der Waals surface area contributed by atoms with Gasteiger partial charge < -0.3 is 14.6 Å². The van der Waals surface area contributed by atoms with Gasteiger partial charge in [0.2, 0.25) is 5.95 Å². The van der Waals surface area contributed by atoms with Crippen LogP contribution in [0.3, 0.4) is 0 Å². The fraction of sp³-hybridized carbons (Fsp3) is 0.211. The Kier molecular flexibility index (Phi) is 4.16. The lowest BCUT2D eigenvalue weighted by atomic mass is 10.0. The molecule has 1 aromatic carbocycles. The van der Waals surface area contributed by atoms with Crippen molar-refractivity contribution in [3.63, 3.8) is 0 Å². The molecule has 1 amide bonds. The van der Waals surface area contributed by atoms with Crippen LogP contribution < -0.4 is 10.2 Å². The Labute approximate surface area is 145 Å². The van der Waals surface area contributed by atoms with E-state index >= 15 is 0 Å². The second kappa shape index (κ2) is 6.76. The number of hydrogen-bond donors (Lipinski definition) is 1. The quantitative estimate of drug-likeness (QED) is 0.794. The van der Waals surface area contributed by atoms with E-state index in [4.69, 9.17) is 4.42 Å². The van der Waals surface area contributed by atoms with Crippen molar-refractivity contribution >= 4 is 17.5 Å². The van der Waals surface area contributed by atoms with Gasteiger partial charge in [-0.05, 0) is 36.6 Å². The van der Waals surface area contributed by atoms with Gasteiger partial charge in [-0.25, -0.2) is 9.97 Å². The molecule has 4 rings (SSSR count). The first-order valence-corrected chi connectivity index (χ1v) is 8.29. The number of fused-ring (bicyclic) bond motifs is 1. The third-order valence-corrected chi connectivity index (χ3v) is 4.26. The highest BCUT2D eigenvalue weighted by Gasteiger charge is 2.20. The Morgan fingerprint density at radius 3 is 2.80 bits per heavy atom. The molecule has 25 heavy (non-hydrogen) atoms. The van der Waals surface area contributed by atoms with E-state index in [2.05, 4.69) is 38.4 Å². The molecule has 2 aromatic heterocycles. The van der Waals surface area contributed by atoms with Crippen LogP contribution in [0.25, 0.3) is 0 Å². The molecule has 0 bridgehead atoms. The molecule has 0 spiro atoms. The molecule has 6 nitrogen and oxygen atoms in total. The van der Waals surface area contributed by atoms with Crippen molar-refractivity contribution in [1.29, 1.82) is 0 Å². The number of aromatic nitrogens is 2. The van der Waals surface area contributed by atoms with Gasteiger partial charge in [0.05, 0.1) is 18.4 Å². The van der Waals surface area contributed by atoms with E-state index in [-0.39, 0.29) is 5.91 Å². The van der Waals surface area contributed by atoms with Crippen molar-refractivity contribution in [3.8, 4) is 0 Å². The lowest BCUT2D eigenvalue weighted by Gasteiger charge is -2.29. The standard InChI is InChI=1S/C19H18N4O2/c24-18(20-13-16-7-4-10-25-16)15-11-21-19(22-12-15)23-9-3-6-14-5-1-2-8-17(14)23/h1-2,4-5,7-8,10-12H,3,6,9,13H2,(H,20,24). The van der Waals surface area contributed by atoms with Crippen LogP contribution in [0.4, 0.5) is 11.6 Å². The SMILES string of the molecule is O=C(NCc1ccco1)c1cnc(N2CCCc3ccccc32)nc1. The van der Waals surface area contributed by atoms with Crippen LogP contribution in [0.15, 0.2) is 59.5 Å². The van der Waals surface area contributed by atoms with Crippen molar-refractivity contribution in [2.45, 2.75) is 19.4 Å². The Bertz CT molecular complexity index is 859. The van der Waals surface area contributed by atoms with Gasteiger partial charge in [-0.3, -0.25) is 4.79 Å². The molecule has 3 heterocycles. The maximum absolute atomic E-state index is 12.2. The molecule has 0 atom stereocenters. The molecule has 0 unspecified atom stereocenters. The summed E-state index contributed by atoms with van der Waals surface area (Å²) in [5.41, 5.74) is 2.88. The molecule has 0 aliphatic carbocycles. The Morgan fingerprint density at radius 1 is 1.16 bits per heavy atom. The summed E-state index contributed by atoms with van der Waals surface area (Å²) >= 11 is 0. The monoisotopic (exact) mass is 334 g/mol. The second-order valence-corrected chi connectivity index (χ2v) is 5.92. The molecule has 126 valence electrons. The van der Waals surface area contributed by atoms with Crippen molar-refractivity contribution in [1.82, 2.24) is 15.3 Å². The smallest absolute Gasteiger partial charge is 0.254 e. The second-order valence-electron chi connectivity index (χ2n) is 5.92. The van der Waals surface area contributed by atoms with Gasteiger partial charge >= 0.3 is 0 Å². The maximum Gasteiger partial charge on any atom is 0.254 e. The Hall–Kier alpha value is -3.15. The first kappa shape index (κ1) is 15.4. The summed E-state index contributed by atoms with van der Waals surface area (Å²) in [6.45, 7) is 1.22. The summed E-state index contributed by atoms with van der Waals surface area (Å²) in [5, 5.41) is 2.79. The van der Waals surface area contributed by atoms with E-state index in [0.29, 0.717) is 23.8 Å². The minimum absolute atomic E-state index is 0.220. The number of para-hydroxylation sites is 1. The fourth-order valence-electron chi connectivity index (χ4n) is 3.00. The molecule has 0 saturated heterocycles. The van der Waals surface area contributed by atoms with E-state index in [1.165, 1.54) is 5.56 Å². The van der Waals surface area contributed by atoms with Gasteiger partial charge in [-0.1, -0.05) is 18.2 Å². The summed E-state index contributed by atoms with van der Waals surface area (Å²) in [7, 11) is 0. The van der Waals surface area contributed by atoms with Crippen LogP contribution in [0.2, 0.25) is 0 Å². The number of benzene rings is 1. The molecule has 3 aromatic rings. The summed E-state index contributed by atoms with van der Waals surface area (Å²) in [6.07, 6.45) is 6.84. The fourth-order valence-corrected chi connectivity index (χ4v) is 3.00. The largest absolute Gasteiger partial charge is 0.467 e. The summed E-state index contributed by atoms with van der Waals surface area (Å²) in [6, 6.07) is 11.9. The zero-order valence-electron chi connectivity index (χ0n) is 13.7. The number of nitrogens with zero attached hydrogens (tertiary/aromatic N) is 3. The number of nitrogens with one attached hydrogen (secondary N) is 1. The van der Waals surface area contributed by atoms with Crippen LogP contribution in [-0.2, 0) is 13.0 Å². The molecule has 1 N–H and O–H groups in total. The predicted molar refractivity (Wildman–Crippen MR) is 93.7 cm³/mol. The van der Waals surface area contributed by atoms with Gasteiger partial charge in [-0.2, -0.15) is 0 Å². The highest BCUT2D eigenvalue weighted by Crippen LogP contribution is 2.30. The van der Waals surface area contributed by atoms with Crippen LogP contribution in [0.5, 0.6) is 0 Å². The average molecular weight is 334 g/mol. The predicted octanol–water partition coefficient (Wildman–Crippen LogP) is 3.08. The van der Waals surface area contributed by atoms with Crippen molar-refractivity contribution < 1.29 is 9.21 Å². The van der Waals surface area contributed by atoms with Gasteiger partial charge in [-0.15, -0.1) is 0 Å². The first-order valence-electron chi connectivity index (χ1n) is 8.29. The zero-order valence-corrected chi connectivity index (χ0v) is 13.7. The third kappa shape index (κ3) is 3.24. The number of aryl methyl sites for hydroxylation is 1. The zero-order chi connectivity index (χ0) is 17.1. The Balaban J connectivity index is 1.48. The van der Waals surface area contributed by atoms with Crippen LogP contribution in [-0.4, -0.2) is 22.4 Å². The normalized spacial score (nSPS) is 13.4. The van der Waals surface area contributed by atoms with E-state index in [1.54, 1.807) is 24.7 Å². The van der Waals surface area contributed by atoms with E-state index in [9.17, 15) is 4.79 Å². The maximum atomic E-state index is 12.2. The number of anilines is 2. The van der Waals surface area contributed by atoms with Crippen LogP contribution in [0.1, 0.15) is 28.1 Å². The van der Waals surface area contributed by atoms with E-state index in [0.717, 1.165) is 25.1 Å². The lowest BCUT2D eigenvalue weighted by molar-refractivity contribution is 0.0947. The molecular formula is C19H18N4O2. The molecule has 6 heteroatoms. The highest BCUT2D eigenvalue weighted by atomic mass is 16.3. The number of carbonyl (C=O) groups is 1. The topological polar surface area (TPSA) is 71.3 Å². The number of amides is 1. The summed E-state index contributed by atoms with van der Waals surface area (Å²) in [4.78, 5) is 23.1. The minimum atomic E-state index is -0.220. The van der Waals surface area contributed by atoms with Crippen molar-refractivity contribution in [2.75, 3.05) is 11.4 Å². The highest BCUT2D eigenvalue weighted by molar-refractivity contribution is 5.93. The van der Waals surface area contributed by atoms with Crippen molar-refractivity contribution in [3.05, 3.63) is 71.9 Å². The Morgan fingerprint density at radius 2 is 2.00 bits per heavy atom. The van der Waals surface area contributed by atoms with Crippen LogP contribution in [0, 0.1) is 0 Å². The molecule has 0 fully saturated rings. The summed E-state index contributed by atoms with van der Waals surface area (Å²) in [5.74, 6) is 1.10. The molecule has 0 radical (unpaired) electrons. The van der Waals surface area contributed by atoms with Gasteiger partial charge in [0.25, 0.3) is 5.91 Å². The number of hydrogen-bond acceptors (Lipinski definition) is 5. The number of carbonyl (C=O) groups excluding carboxylic acids is 1. The summed E-state index contributed by atoms with van der Waals surface area (Å²) < 4.78 is 5.20. The van der Waals surface area contributed by atoms with Gasteiger partial charge in [0, 0.05) is 24.6 Å². The third-order valence-electron chi connectivity index (χ3n) is 4.26. The number of furan rings is 1. The van der Waals surface area contributed by atoms with E-state index < -0.39 is 0 Å². The lowest BCUT2D eigenvalue weighted by Crippen LogP contribution is -2.27. The van der Waals surface area contributed by atoms with E-state index in [1.807, 2.05) is 12.1 Å². The molecule has 1 aliphatic rings. The van der Waals surface area contributed by atoms with Gasteiger partial charge in [0.15, 0.2) is 0 Å². The van der Waals surface area contributed by atoms with Crippen LogP contribution >= 0.6 is 0 Å². The first-order chi connectivity index (χ1) is 12.3. The average Bonchev–Trinajstić information content (AvgIpc) is 3.19. The van der Waals surface area contributed by atoms with Gasteiger partial charge in [0.1, 0.15) is 5.76 Å². The minimum Gasteiger partial charge on any atom is -0.467 e.